The minimum Gasteiger partial charge on any atom is -0.388 e. The lowest BCUT2D eigenvalue weighted by Gasteiger charge is -2.37. The quantitative estimate of drug-likeness (QED) is 0.559. The molecule has 3 aromatic rings. The van der Waals surface area contributed by atoms with E-state index in [1.165, 1.54) is 33.7 Å². The average molecular weight is 491 g/mol. The number of aromatic nitrogens is 3. The molecule has 1 aliphatic heterocycles. The fraction of sp³-hybridized carbons (Fsp3) is 0.375. The summed E-state index contributed by atoms with van der Waals surface area (Å²) in [6.07, 6.45) is 0.753. The summed E-state index contributed by atoms with van der Waals surface area (Å²) >= 11 is 6.24. The number of carbonyl (C=O) groups is 1. The molecule has 0 fully saturated rings. The Morgan fingerprint density at radius 1 is 1.21 bits per heavy atom. The zero-order valence-corrected chi connectivity index (χ0v) is 19.8. The Bertz CT molecular complexity index is 1300. The topological polar surface area (TPSA) is 80.4 Å². The number of aliphatic hydroxyl groups excluding tert-OH is 1. The summed E-state index contributed by atoms with van der Waals surface area (Å²) in [5, 5.41) is 13.7. The lowest BCUT2D eigenvalue weighted by Crippen LogP contribution is -2.42. The van der Waals surface area contributed by atoms with Crippen molar-refractivity contribution in [3.05, 3.63) is 74.4 Å². The third-order valence-corrected chi connectivity index (χ3v) is 6.84. The van der Waals surface area contributed by atoms with E-state index in [2.05, 4.69) is 5.10 Å². The van der Waals surface area contributed by atoms with E-state index in [4.69, 9.17) is 11.6 Å². The number of hydrogen-bond acceptors (Lipinski definition) is 4. The van der Waals surface area contributed by atoms with Gasteiger partial charge in [0.25, 0.3) is 5.91 Å². The number of anilines is 1. The van der Waals surface area contributed by atoms with Gasteiger partial charge in [0.2, 0.25) is 0 Å². The van der Waals surface area contributed by atoms with Gasteiger partial charge in [-0.1, -0.05) is 37.9 Å². The molecule has 1 N–H and O–H groups in total. The summed E-state index contributed by atoms with van der Waals surface area (Å²) in [5.74, 6) is -2.15. The molecule has 1 amide bonds. The predicted molar refractivity (Wildman–Crippen MR) is 125 cm³/mol. The highest BCUT2D eigenvalue weighted by molar-refractivity contribution is 6.34. The number of fused-ring (bicyclic) bond motifs is 1. The lowest BCUT2D eigenvalue weighted by atomic mass is 9.79. The van der Waals surface area contributed by atoms with Crippen LogP contribution < -0.4 is 10.6 Å². The second-order valence-electron chi connectivity index (χ2n) is 8.38. The highest BCUT2D eigenvalue weighted by Gasteiger charge is 2.37. The van der Waals surface area contributed by atoms with Crippen LogP contribution >= 0.6 is 11.6 Å². The maximum atomic E-state index is 15.3. The number of carbonyl (C=O) groups excluding carboxylic acids is 1. The average Bonchev–Trinajstić information content (AvgIpc) is 3.14. The van der Waals surface area contributed by atoms with Crippen LogP contribution in [0.3, 0.4) is 0 Å². The summed E-state index contributed by atoms with van der Waals surface area (Å²) in [5.41, 5.74) is -0.0925. The molecule has 0 aliphatic carbocycles. The minimum atomic E-state index is -0.830. The van der Waals surface area contributed by atoms with Gasteiger partial charge in [0.05, 0.1) is 10.7 Å². The molecule has 2 unspecified atom stereocenters. The summed E-state index contributed by atoms with van der Waals surface area (Å²) in [4.78, 5) is 27.5. The van der Waals surface area contributed by atoms with E-state index >= 15 is 4.39 Å². The third kappa shape index (κ3) is 3.82. The van der Waals surface area contributed by atoms with Crippen molar-refractivity contribution in [2.24, 2.45) is 5.92 Å². The Morgan fingerprint density at radius 2 is 1.94 bits per heavy atom. The van der Waals surface area contributed by atoms with Gasteiger partial charge in [-0.15, -0.1) is 5.10 Å². The molecule has 1 aliphatic rings. The van der Waals surface area contributed by atoms with Gasteiger partial charge in [0, 0.05) is 24.6 Å². The van der Waals surface area contributed by atoms with Crippen LogP contribution in [0, 0.1) is 17.6 Å². The third-order valence-electron chi connectivity index (χ3n) is 6.54. The van der Waals surface area contributed by atoms with Crippen LogP contribution in [0.25, 0.3) is 5.69 Å². The molecular weight excluding hydrogens is 466 g/mol. The molecule has 0 radical (unpaired) electrons. The first-order chi connectivity index (χ1) is 16.2. The van der Waals surface area contributed by atoms with Crippen molar-refractivity contribution in [1.82, 2.24) is 14.3 Å². The smallest absolute Gasteiger partial charge is 0.350 e. The molecule has 10 heteroatoms. The Morgan fingerprint density at radius 3 is 2.53 bits per heavy atom. The lowest BCUT2D eigenvalue weighted by molar-refractivity contribution is 0.0971. The molecule has 2 aromatic carbocycles. The van der Waals surface area contributed by atoms with Gasteiger partial charge >= 0.3 is 5.69 Å². The molecule has 1 aromatic heterocycles. The number of nitrogens with zero attached hydrogens (tertiary/aromatic N) is 4. The normalized spacial score (nSPS) is 16.6. The van der Waals surface area contributed by atoms with Crippen LogP contribution in [0.2, 0.25) is 5.02 Å². The number of benzene rings is 2. The number of rotatable bonds is 6. The highest BCUT2D eigenvalue weighted by atomic mass is 35.5. The molecule has 4 rings (SSSR count). The maximum absolute atomic E-state index is 15.3. The number of amides is 1. The Kier molecular flexibility index (Phi) is 6.60. The SMILES string of the molecule is CCC(C)C1CN(c2c(F)cccc2Cl)C(=O)c2cc(F)c(-n3nc(CO)n(CC)c3=O)cc21. The van der Waals surface area contributed by atoms with Gasteiger partial charge < -0.3 is 10.0 Å². The fourth-order valence-corrected chi connectivity index (χ4v) is 4.76. The van der Waals surface area contributed by atoms with Crippen molar-refractivity contribution in [2.45, 2.75) is 46.3 Å². The van der Waals surface area contributed by atoms with E-state index in [1.807, 2.05) is 13.8 Å². The highest BCUT2D eigenvalue weighted by Crippen LogP contribution is 2.41. The van der Waals surface area contributed by atoms with Crippen LogP contribution in [-0.4, -0.2) is 31.9 Å². The number of halogens is 3. The maximum Gasteiger partial charge on any atom is 0.350 e. The first kappa shape index (κ1) is 24.1. The van der Waals surface area contributed by atoms with E-state index < -0.39 is 29.8 Å². The first-order valence-corrected chi connectivity index (χ1v) is 11.5. The largest absolute Gasteiger partial charge is 0.388 e. The second kappa shape index (κ2) is 9.31. The number of hydrogen-bond donors (Lipinski definition) is 1. The van der Waals surface area contributed by atoms with Gasteiger partial charge in [0.1, 0.15) is 23.9 Å². The minimum absolute atomic E-state index is 0.0388. The standard InChI is InChI=1S/C24H25ClF2N4O3/c1-4-13(3)16-11-30(22-17(25)7-6-8-18(22)26)23(33)15-9-19(27)20(10-14(15)16)31-24(34)29(5-2)21(12-32)28-31/h6-10,13,16,32H,4-5,11-12H2,1-3H3. The van der Waals surface area contributed by atoms with Crippen LogP contribution in [0.15, 0.2) is 35.1 Å². The molecular formula is C24H25ClF2N4O3. The molecule has 0 spiro atoms. The predicted octanol–water partition coefficient (Wildman–Crippen LogP) is 4.27. The molecule has 7 nitrogen and oxygen atoms in total. The van der Waals surface area contributed by atoms with Crippen molar-refractivity contribution in [1.29, 1.82) is 0 Å². The molecule has 34 heavy (non-hydrogen) atoms. The van der Waals surface area contributed by atoms with Gasteiger partial charge in [-0.2, -0.15) is 4.68 Å². The summed E-state index contributed by atoms with van der Waals surface area (Å²) in [6.45, 7) is 5.63. The van der Waals surface area contributed by atoms with E-state index in [0.29, 0.717) is 5.56 Å². The van der Waals surface area contributed by atoms with Crippen LogP contribution in [0.4, 0.5) is 14.5 Å². The van der Waals surface area contributed by atoms with Crippen molar-refractivity contribution in [3.8, 4) is 5.69 Å². The van der Waals surface area contributed by atoms with Crippen molar-refractivity contribution in [3.63, 3.8) is 0 Å². The molecule has 2 heterocycles. The Labute approximate surface area is 200 Å². The molecule has 0 saturated heterocycles. The summed E-state index contributed by atoms with van der Waals surface area (Å²) < 4.78 is 32.2. The zero-order valence-electron chi connectivity index (χ0n) is 19.1. The van der Waals surface area contributed by atoms with E-state index in [-0.39, 0.29) is 52.7 Å². The molecule has 0 bridgehead atoms. The van der Waals surface area contributed by atoms with Crippen LogP contribution in [0.1, 0.15) is 54.9 Å². The molecule has 0 saturated carbocycles. The van der Waals surface area contributed by atoms with E-state index in [1.54, 1.807) is 6.92 Å². The van der Waals surface area contributed by atoms with Crippen LogP contribution in [0.5, 0.6) is 0 Å². The van der Waals surface area contributed by atoms with E-state index in [9.17, 15) is 19.1 Å². The zero-order chi connectivity index (χ0) is 24.7. The summed E-state index contributed by atoms with van der Waals surface area (Å²) in [7, 11) is 0. The number of para-hydroxylation sites is 1. The van der Waals surface area contributed by atoms with Crippen molar-refractivity contribution in [2.75, 3.05) is 11.4 Å². The van der Waals surface area contributed by atoms with Gasteiger partial charge in [0.15, 0.2) is 5.82 Å². The summed E-state index contributed by atoms with van der Waals surface area (Å²) in [6, 6.07) is 6.71. The Balaban J connectivity index is 1.91. The number of aliphatic hydroxyl groups is 1. The first-order valence-electron chi connectivity index (χ1n) is 11.1. The van der Waals surface area contributed by atoms with Crippen molar-refractivity contribution < 1.29 is 18.7 Å². The molecule has 2 atom stereocenters. The van der Waals surface area contributed by atoms with Gasteiger partial charge in [-0.25, -0.2) is 13.6 Å². The molecule has 180 valence electrons. The van der Waals surface area contributed by atoms with Crippen LogP contribution in [-0.2, 0) is 13.2 Å². The monoisotopic (exact) mass is 490 g/mol. The fourth-order valence-electron chi connectivity index (χ4n) is 4.49. The Hall–Kier alpha value is -3.04. The second-order valence-corrected chi connectivity index (χ2v) is 8.79. The van der Waals surface area contributed by atoms with Gasteiger partial charge in [-0.05, 0) is 42.7 Å². The van der Waals surface area contributed by atoms with E-state index in [0.717, 1.165) is 17.2 Å². The van der Waals surface area contributed by atoms with Gasteiger partial charge in [-0.3, -0.25) is 9.36 Å². The van der Waals surface area contributed by atoms with Crippen molar-refractivity contribution >= 4 is 23.2 Å².